The molecule has 2 aromatic rings. The van der Waals surface area contributed by atoms with Crippen molar-refractivity contribution in [2.75, 3.05) is 11.1 Å². The SMILES string of the molecule is CC(Cn1cccn1)Nc1ccc(N)cc1Cl. The fourth-order valence-corrected chi connectivity index (χ4v) is 1.89. The van der Waals surface area contributed by atoms with E-state index in [4.69, 9.17) is 17.3 Å². The molecule has 0 bridgehead atoms. The molecule has 0 aliphatic heterocycles. The number of nitrogen functional groups attached to an aromatic ring is 1. The van der Waals surface area contributed by atoms with Crippen LogP contribution in [0.25, 0.3) is 0 Å². The molecule has 0 saturated heterocycles. The molecule has 1 aromatic carbocycles. The van der Waals surface area contributed by atoms with Gasteiger partial charge in [-0.1, -0.05) is 11.6 Å². The Morgan fingerprint density at radius 1 is 1.53 bits per heavy atom. The zero-order chi connectivity index (χ0) is 12.3. The van der Waals surface area contributed by atoms with Crippen LogP contribution in [0.4, 0.5) is 11.4 Å². The number of rotatable bonds is 4. The van der Waals surface area contributed by atoms with E-state index in [2.05, 4.69) is 17.3 Å². The van der Waals surface area contributed by atoms with Gasteiger partial charge in [-0.05, 0) is 31.2 Å². The van der Waals surface area contributed by atoms with E-state index in [0.717, 1.165) is 12.2 Å². The van der Waals surface area contributed by atoms with Gasteiger partial charge < -0.3 is 11.1 Å². The van der Waals surface area contributed by atoms with E-state index >= 15 is 0 Å². The van der Waals surface area contributed by atoms with E-state index in [1.807, 2.05) is 29.1 Å². The summed E-state index contributed by atoms with van der Waals surface area (Å²) in [4.78, 5) is 0. The van der Waals surface area contributed by atoms with Gasteiger partial charge in [-0.2, -0.15) is 5.10 Å². The molecule has 0 spiro atoms. The van der Waals surface area contributed by atoms with Gasteiger partial charge in [0.1, 0.15) is 0 Å². The number of nitrogens with one attached hydrogen (secondary N) is 1. The highest BCUT2D eigenvalue weighted by Gasteiger charge is 2.06. The summed E-state index contributed by atoms with van der Waals surface area (Å²) in [7, 11) is 0. The van der Waals surface area contributed by atoms with Crippen LogP contribution in [0.15, 0.2) is 36.7 Å². The Kier molecular flexibility index (Phi) is 3.54. The van der Waals surface area contributed by atoms with Crippen molar-refractivity contribution in [2.45, 2.75) is 19.5 Å². The van der Waals surface area contributed by atoms with Crippen molar-refractivity contribution in [1.29, 1.82) is 0 Å². The number of anilines is 2. The predicted octanol–water partition coefficient (Wildman–Crippen LogP) is 2.62. The Morgan fingerprint density at radius 2 is 2.35 bits per heavy atom. The number of halogens is 1. The highest BCUT2D eigenvalue weighted by Crippen LogP contribution is 2.24. The van der Waals surface area contributed by atoms with E-state index in [-0.39, 0.29) is 6.04 Å². The summed E-state index contributed by atoms with van der Waals surface area (Å²) in [5.74, 6) is 0. The highest BCUT2D eigenvalue weighted by molar-refractivity contribution is 6.33. The van der Waals surface area contributed by atoms with Crippen LogP contribution in [0, 0.1) is 0 Å². The van der Waals surface area contributed by atoms with Crippen molar-refractivity contribution in [3.8, 4) is 0 Å². The van der Waals surface area contributed by atoms with Crippen molar-refractivity contribution < 1.29 is 0 Å². The molecule has 90 valence electrons. The first-order valence-corrected chi connectivity index (χ1v) is 5.82. The zero-order valence-corrected chi connectivity index (χ0v) is 10.4. The Labute approximate surface area is 105 Å². The third-order valence-corrected chi connectivity index (χ3v) is 2.73. The number of aromatic nitrogens is 2. The minimum absolute atomic E-state index is 0.232. The summed E-state index contributed by atoms with van der Waals surface area (Å²) in [6.07, 6.45) is 3.70. The van der Waals surface area contributed by atoms with E-state index in [0.29, 0.717) is 10.7 Å². The number of hydrogen-bond acceptors (Lipinski definition) is 3. The van der Waals surface area contributed by atoms with E-state index in [1.165, 1.54) is 0 Å². The predicted molar refractivity (Wildman–Crippen MR) is 71.2 cm³/mol. The van der Waals surface area contributed by atoms with Crippen LogP contribution in [-0.4, -0.2) is 15.8 Å². The molecule has 1 atom stereocenters. The highest BCUT2D eigenvalue weighted by atomic mass is 35.5. The molecule has 1 aromatic heterocycles. The first kappa shape index (κ1) is 11.8. The summed E-state index contributed by atoms with van der Waals surface area (Å²) in [6, 6.07) is 7.59. The number of benzene rings is 1. The summed E-state index contributed by atoms with van der Waals surface area (Å²) in [6.45, 7) is 2.86. The van der Waals surface area contributed by atoms with Crippen LogP contribution < -0.4 is 11.1 Å². The molecule has 0 aliphatic carbocycles. The van der Waals surface area contributed by atoms with Gasteiger partial charge in [0.15, 0.2) is 0 Å². The largest absolute Gasteiger partial charge is 0.399 e. The number of hydrogen-bond donors (Lipinski definition) is 2. The van der Waals surface area contributed by atoms with Crippen LogP contribution in [-0.2, 0) is 6.54 Å². The van der Waals surface area contributed by atoms with Gasteiger partial charge in [-0.3, -0.25) is 4.68 Å². The fourth-order valence-electron chi connectivity index (χ4n) is 1.65. The smallest absolute Gasteiger partial charge is 0.0658 e. The average Bonchev–Trinajstić information content (AvgIpc) is 2.75. The third kappa shape index (κ3) is 3.14. The van der Waals surface area contributed by atoms with Crippen molar-refractivity contribution in [2.24, 2.45) is 0 Å². The van der Waals surface area contributed by atoms with Gasteiger partial charge in [0.25, 0.3) is 0 Å². The molecule has 1 unspecified atom stereocenters. The molecule has 3 N–H and O–H groups in total. The van der Waals surface area contributed by atoms with E-state index in [9.17, 15) is 0 Å². The summed E-state index contributed by atoms with van der Waals surface area (Å²) >= 11 is 6.09. The van der Waals surface area contributed by atoms with Gasteiger partial charge in [-0.15, -0.1) is 0 Å². The first-order chi connectivity index (χ1) is 8.15. The lowest BCUT2D eigenvalue weighted by molar-refractivity contribution is 0.561. The standard InChI is InChI=1S/C12H15ClN4/c1-9(8-17-6-2-5-15-17)16-12-4-3-10(14)7-11(12)13/h2-7,9,16H,8,14H2,1H3. The van der Waals surface area contributed by atoms with Crippen LogP contribution in [0.2, 0.25) is 5.02 Å². The summed E-state index contributed by atoms with van der Waals surface area (Å²) in [5, 5.41) is 8.12. The lowest BCUT2D eigenvalue weighted by atomic mass is 10.2. The molecular weight excluding hydrogens is 236 g/mol. The second-order valence-corrected chi connectivity index (χ2v) is 4.42. The second-order valence-electron chi connectivity index (χ2n) is 4.01. The third-order valence-electron chi connectivity index (χ3n) is 2.42. The second kappa shape index (κ2) is 5.10. The van der Waals surface area contributed by atoms with E-state index < -0.39 is 0 Å². The summed E-state index contributed by atoms with van der Waals surface area (Å²) in [5.41, 5.74) is 7.20. The molecule has 0 radical (unpaired) electrons. The fraction of sp³-hybridized carbons (Fsp3) is 0.250. The minimum Gasteiger partial charge on any atom is -0.399 e. The maximum absolute atomic E-state index is 6.09. The lowest BCUT2D eigenvalue weighted by Crippen LogP contribution is -2.22. The number of nitrogens with two attached hydrogens (primary N) is 1. The van der Waals surface area contributed by atoms with Crippen LogP contribution in [0.5, 0.6) is 0 Å². The molecule has 5 heteroatoms. The van der Waals surface area contributed by atoms with Gasteiger partial charge in [0.2, 0.25) is 0 Å². The molecule has 0 fully saturated rings. The molecular formula is C12H15ClN4. The first-order valence-electron chi connectivity index (χ1n) is 5.44. The topological polar surface area (TPSA) is 55.9 Å². The number of nitrogens with zero attached hydrogens (tertiary/aromatic N) is 2. The lowest BCUT2D eigenvalue weighted by Gasteiger charge is -2.16. The molecule has 4 nitrogen and oxygen atoms in total. The molecule has 0 aliphatic rings. The zero-order valence-electron chi connectivity index (χ0n) is 9.60. The Bertz CT molecular complexity index is 481. The molecule has 0 amide bonds. The van der Waals surface area contributed by atoms with Gasteiger partial charge in [-0.25, -0.2) is 0 Å². The van der Waals surface area contributed by atoms with Gasteiger partial charge >= 0.3 is 0 Å². The normalized spacial score (nSPS) is 12.4. The van der Waals surface area contributed by atoms with Crippen molar-refractivity contribution >= 4 is 23.0 Å². The molecule has 1 heterocycles. The summed E-state index contributed by atoms with van der Waals surface area (Å²) < 4.78 is 1.88. The van der Waals surface area contributed by atoms with Crippen LogP contribution in [0.3, 0.4) is 0 Å². The quantitative estimate of drug-likeness (QED) is 0.821. The van der Waals surface area contributed by atoms with Crippen molar-refractivity contribution in [3.63, 3.8) is 0 Å². The Morgan fingerprint density at radius 3 is 3.00 bits per heavy atom. The van der Waals surface area contributed by atoms with Gasteiger partial charge in [0, 0.05) is 24.1 Å². The Balaban J connectivity index is 2.00. The molecule has 2 rings (SSSR count). The Hall–Kier alpha value is -1.68. The maximum Gasteiger partial charge on any atom is 0.0658 e. The van der Waals surface area contributed by atoms with Crippen molar-refractivity contribution in [3.05, 3.63) is 41.7 Å². The monoisotopic (exact) mass is 250 g/mol. The minimum atomic E-state index is 0.232. The average molecular weight is 251 g/mol. The van der Waals surface area contributed by atoms with E-state index in [1.54, 1.807) is 12.3 Å². The van der Waals surface area contributed by atoms with Crippen LogP contribution >= 0.6 is 11.6 Å². The molecule has 0 saturated carbocycles. The molecule has 17 heavy (non-hydrogen) atoms. The van der Waals surface area contributed by atoms with Crippen LogP contribution in [0.1, 0.15) is 6.92 Å². The van der Waals surface area contributed by atoms with Gasteiger partial charge in [0.05, 0.1) is 17.3 Å². The maximum atomic E-state index is 6.09. The van der Waals surface area contributed by atoms with Crippen molar-refractivity contribution in [1.82, 2.24) is 9.78 Å².